The Morgan fingerprint density at radius 2 is 2.26 bits per heavy atom. The quantitative estimate of drug-likeness (QED) is 0.887. The summed E-state index contributed by atoms with van der Waals surface area (Å²) in [5.41, 5.74) is 0.748. The highest BCUT2D eigenvalue weighted by Gasteiger charge is 2.36. The fourth-order valence-corrected chi connectivity index (χ4v) is 3.59. The van der Waals surface area contributed by atoms with Gasteiger partial charge in [0.2, 0.25) is 0 Å². The fraction of sp³-hybridized carbons (Fsp3) is 0.625. The number of para-hydroxylation sites is 1. The second kappa shape index (κ2) is 5.14. The van der Waals surface area contributed by atoms with E-state index in [9.17, 15) is 5.11 Å². The van der Waals surface area contributed by atoms with Crippen molar-refractivity contribution in [1.29, 1.82) is 0 Å². The Morgan fingerprint density at radius 3 is 3.11 bits per heavy atom. The third kappa shape index (κ3) is 2.77. The van der Waals surface area contributed by atoms with E-state index in [2.05, 4.69) is 24.1 Å². The highest BCUT2D eigenvalue weighted by molar-refractivity contribution is 5.38. The first-order chi connectivity index (χ1) is 9.16. The molecule has 3 rings (SSSR count). The summed E-state index contributed by atoms with van der Waals surface area (Å²) < 4.78 is 5.70. The molecule has 19 heavy (non-hydrogen) atoms. The summed E-state index contributed by atoms with van der Waals surface area (Å²) in [5.74, 6) is 1.44. The van der Waals surface area contributed by atoms with E-state index in [0.29, 0.717) is 5.92 Å². The number of rotatable bonds is 2. The van der Waals surface area contributed by atoms with Crippen molar-refractivity contribution in [3.8, 4) is 5.75 Å². The van der Waals surface area contributed by atoms with Gasteiger partial charge in [-0.15, -0.1) is 0 Å². The van der Waals surface area contributed by atoms with Gasteiger partial charge in [-0.3, -0.25) is 0 Å². The third-order valence-electron chi connectivity index (χ3n) is 4.46. The van der Waals surface area contributed by atoms with Crippen LogP contribution < -0.4 is 4.74 Å². The number of nitrogens with zero attached hydrogens (tertiary/aromatic N) is 1. The standard InChI is InChI=1S/C16H23NO2/c1-17-9-4-8-16(18,12-17)11-13-7-10-19-15-6-3-2-5-14(13)15/h2-3,5-6,13,18H,4,7-12H2,1H3. The molecule has 3 heteroatoms. The molecule has 2 unspecified atom stereocenters. The number of β-amino-alcohol motifs (C(OH)–C–C–N with tert-alkyl or cyclic N) is 1. The second-order valence-electron chi connectivity index (χ2n) is 6.14. The Hall–Kier alpha value is -1.06. The van der Waals surface area contributed by atoms with Gasteiger partial charge in [-0.05, 0) is 56.8 Å². The summed E-state index contributed by atoms with van der Waals surface area (Å²) >= 11 is 0. The topological polar surface area (TPSA) is 32.7 Å². The lowest BCUT2D eigenvalue weighted by Crippen LogP contribution is -2.47. The summed E-state index contributed by atoms with van der Waals surface area (Å²) in [6.45, 7) is 2.67. The van der Waals surface area contributed by atoms with Crippen LogP contribution in [0.1, 0.15) is 37.2 Å². The molecule has 2 atom stereocenters. The first-order valence-corrected chi connectivity index (χ1v) is 7.29. The number of ether oxygens (including phenoxy) is 1. The summed E-state index contributed by atoms with van der Waals surface area (Å²) in [4.78, 5) is 2.24. The minimum Gasteiger partial charge on any atom is -0.493 e. The zero-order chi connectivity index (χ0) is 13.3. The molecule has 1 saturated heterocycles. The van der Waals surface area contributed by atoms with Crippen molar-refractivity contribution in [1.82, 2.24) is 4.90 Å². The number of piperidine rings is 1. The Morgan fingerprint density at radius 1 is 1.42 bits per heavy atom. The van der Waals surface area contributed by atoms with Gasteiger partial charge in [0.1, 0.15) is 5.75 Å². The molecule has 104 valence electrons. The molecule has 2 heterocycles. The van der Waals surface area contributed by atoms with Crippen LogP contribution in [0.15, 0.2) is 24.3 Å². The summed E-state index contributed by atoms with van der Waals surface area (Å²) in [6.07, 6.45) is 3.90. The zero-order valence-electron chi connectivity index (χ0n) is 11.6. The summed E-state index contributed by atoms with van der Waals surface area (Å²) in [5, 5.41) is 10.8. The SMILES string of the molecule is CN1CCCC(O)(CC2CCOc3ccccc32)C1. The maximum atomic E-state index is 10.8. The van der Waals surface area contributed by atoms with Crippen molar-refractivity contribution in [2.24, 2.45) is 0 Å². The molecule has 1 N–H and O–H groups in total. The van der Waals surface area contributed by atoms with Gasteiger partial charge < -0.3 is 14.7 Å². The van der Waals surface area contributed by atoms with E-state index in [1.165, 1.54) is 5.56 Å². The summed E-state index contributed by atoms with van der Waals surface area (Å²) in [6, 6.07) is 8.27. The van der Waals surface area contributed by atoms with Gasteiger partial charge in [-0.1, -0.05) is 18.2 Å². The van der Waals surface area contributed by atoms with Gasteiger partial charge >= 0.3 is 0 Å². The van der Waals surface area contributed by atoms with Crippen molar-refractivity contribution in [2.45, 2.75) is 37.2 Å². The molecule has 0 amide bonds. The van der Waals surface area contributed by atoms with Gasteiger partial charge in [0, 0.05) is 6.54 Å². The zero-order valence-corrected chi connectivity index (χ0v) is 11.6. The molecule has 0 saturated carbocycles. The minimum atomic E-state index is -0.526. The lowest BCUT2D eigenvalue weighted by molar-refractivity contribution is -0.0366. The van der Waals surface area contributed by atoms with Crippen LogP contribution in [0.3, 0.4) is 0 Å². The van der Waals surface area contributed by atoms with E-state index < -0.39 is 5.60 Å². The van der Waals surface area contributed by atoms with Crippen molar-refractivity contribution in [3.63, 3.8) is 0 Å². The molecule has 2 aliphatic rings. The smallest absolute Gasteiger partial charge is 0.122 e. The highest BCUT2D eigenvalue weighted by Crippen LogP contribution is 2.40. The molecule has 0 spiro atoms. The van der Waals surface area contributed by atoms with Gasteiger partial charge in [-0.2, -0.15) is 0 Å². The molecule has 0 bridgehead atoms. The van der Waals surface area contributed by atoms with Crippen LogP contribution in [-0.4, -0.2) is 42.4 Å². The van der Waals surface area contributed by atoms with Crippen molar-refractivity contribution in [3.05, 3.63) is 29.8 Å². The minimum absolute atomic E-state index is 0.432. The third-order valence-corrected chi connectivity index (χ3v) is 4.46. The first-order valence-electron chi connectivity index (χ1n) is 7.29. The van der Waals surface area contributed by atoms with Crippen LogP contribution in [0, 0.1) is 0 Å². The number of likely N-dealkylation sites (N-methyl/N-ethyl adjacent to an activating group) is 1. The number of likely N-dealkylation sites (tertiary alicyclic amines) is 1. The van der Waals surface area contributed by atoms with Crippen LogP contribution in [0.2, 0.25) is 0 Å². The van der Waals surface area contributed by atoms with Crippen LogP contribution in [0.25, 0.3) is 0 Å². The maximum Gasteiger partial charge on any atom is 0.122 e. The van der Waals surface area contributed by atoms with Gasteiger partial charge in [0.15, 0.2) is 0 Å². The fourth-order valence-electron chi connectivity index (χ4n) is 3.59. The van der Waals surface area contributed by atoms with Crippen molar-refractivity contribution in [2.75, 3.05) is 26.7 Å². The predicted octanol–water partition coefficient (Wildman–Crippen LogP) is 2.40. The molecule has 2 aliphatic heterocycles. The van der Waals surface area contributed by atoms with Crippen LogP contribution in [0.5, 0.6) is 5.75 Å². The average Bonchev–Trinajstić information content (AvgIpc) is 2.38. The number of fused-ring (bicyclic) bond motifs is 1. The predicted molar refractivity (Wildman–Crippen MR) is 75.6 cm³/mol. The molecular formula is C16H23NO2. The second-order valence-corrected chi connectivity index (χ2v) is 6.14. The number of aliphatic hydroxyl groups is 1. The van der Waals surface area contributed by atoms with E-state index in [4.69, 9.17) is 4.74 Å². The molecule has 3 nitrogen and oxygen atoms in total. The van der Waals surface area contributed by atoms with Crippen LogP contribution >= 0.6 is 0 Å². The molecule has 1 fully saturated rings. The lowest BCUT2D eigenvalue weighted by Gasteiger charge is -2.40. The average molecular weight is 261 g/mol. The largest absolute Gasteiger partial charge is 0.493 e. The van der Waals surface area contributed by atoms with Crippen molar-refractivity contribution < 1.29 is 9.84 Å². The first kappa shape index (κ1) is 12.9. The molecule has 1 aromatic rings. The Balaban J connectivity index is 1.77. The number of hydrogen-bond acceptors (Lipinski definition) is 3. The van der Waals surface area contributed by atoms with E-state index in [-0.39, 0.29) is 0 Å². The van der Waals surface area contributed by atoms with Crippen molar-refractivity contribution >= 4 is 0 Å². The van der Waals surface area contributed by atoms with Gasteiger partial charge in [0.05, 0.1) is 12.2 Å². The maximum absolute atomic E-state index is 10.8. The Labute approximate surface area is 115 Å². The van der Waals surface area contributed by atoms with E-state index in [0.717, 1.165) is 51.1 Å². The van der Waals surface area contributed by atoms with Gasteiger partial charge in [-0.25, -0.2) is 0 Å². The molecular weight excluding hydrogens is 238 g/mol. The van der Waals surface area contributed by atoms with Crippen LogP contribution in [0.4, 0.5) is 0 Å². The lowest BCUT2D eigenvalue weighted by atomic mass is 9.79. The van der Waals surface area contributed by atoms with E-state index in [1.54, 1.807) is 0 Å². The normalized spacial score (nSPS) is 31.6. The molecule has 0 radical (unpaired) electrons. The van der Waals surface area contributed by atoms with Gasteiger partial charge in [0.25, 0.3) is 0 Å². The monoisotopic (exact) mass is 261 g/mol. The van der Waals surface area contributed by atoms with E-state index in [1.807, 2.05) is 12.1 Å². The van der Waals surface area contributed by atoms with E-state index >= 15 is 0 Å². The molecule has 0 aliphatic carbocycles. The highest BCUT2D eigenvalue weighted by atomic mass is 16.5. The number of hydrogen-bond donors (Lipinski definition) is 1. The Bertz CT molecular complexity index is 448. The Kier molecular flexibility index (Phi) is 3.50. The van der Waals surface area contributed by atoms with Crippen LogP contribution in [-0.2, 0) is 0 Å². The molecule has 0 aromatic heterocycles. The number of benzene rings is 1. The molecule has 1 aromatic carbocycles. The summed E-state index contributed by atoms with van der Waals surface area (Å²) in [7, 11) is 2.10.